The second-order valence-corrected chi connectivity index (χ2v) is 12.9. The zero-order valence-corrected chi connectivity index (χ0v) is 24.5. The number of thiophene rings is 2. The Bertz CT molecular complexity index is 2210. The highest BCUT2D eigenvalue weighted by Crippen LogP contribution is 2.47. The molecule has 0 amide bonds. The lowest BCUT2D eigenvalue weighted by atomic mass is 9.83. The second-order valence-electron chi connectivity index (χ2n) is 10.8. The number of allylic oxidation sites excluding steroid dienone is 5. The number of aryl methyl sites for hydroxylation is 1. The number of rotatable bonds is 4. The monoisotopic (exact) mass is 560 g/mol. The molecule has 0 radical (unpaired) electrons. The summed E-state index contributed by atoms with van der Waals surface area (Å²) in [6.45, 7) is 6.25. The fraction of sp³-hybridized carbons (Fsp3) is 0.0769. The minimum absolute atomic E-state index is 1.05. The van der Waals surface area contributed by atoms with Gasteiger partial charge in [-0.05, 0) is 76.4 Å². The van der Waals surface area contributed by atoms with E-state index >= 15 is 0 Å². The highest BCUT2D eigenvalue weighted by Gasteiger charge is 2.22. The summed E-state index contributed by atoms with van der Waals surface area (Å²) in [5.74, 6) is 0. The highest BCUT2D eigenvalue weighted by molar-refractivity contribution is 7.26. The zero-order valence-electron chi connectivity index (χ0n) is 22.9. The van der Waals surface area contributed by atoms with Crippen LogP contribution in [0.1, 0.15) is 24.5 Å². The van der Waals surface area contributed by atoms with Gasteiger partial charge in [-0.1, -0.05) is 110 Å². The van der Waals surface area contributed by atoms with Crippen LogP contribution >= 0.6 is 22.7 Å². The van der Waals surface area contributed by atoms with Crippen LogP contribution in [-0.4, -0.2) is 0 Å². The van der Waals surface area contributed by atoms with E-state index in [0.29, 0.717) is 0 Å². The lowest BCUT2D eigenvalue weighted by molar-refractivity contribution is 0.948. The van der Waals surface area contributed by atoms with Crippen LogP contribution in [0.5, 0.6) is 0 Å². The van der Waals surface area contributed by atoms with Gasteiger partial charge in [0, 0.05) is 40.3 Å². The van der Waals surface area contributed by atoms with E-state index < -0.39 is 0 Å². The molecular formula is C39H28S2. The van der Waals surface area contributed by atoms with Crippen LogP contribution in [0.15, 0.2) is 127 Å². The molecule has 0 saturated carbocycles. The summed E-state index contributed by atoms with van der Waals surface area (Å²) in [6, 6.07) is 36.1. The van der Waals surface area contributed by atoms with Gasteiger partial charge in [0.15, 0.2) is 0 Å². The van der Waals surface area contributed by atoms with Crippen LogP contribution in [0.3, 0.4) is 0 Å². The molecular weight excluding hydrogens is 533 g/mol. The summed E-state index contributed by atoms with van der Waals surface area (Å²) in [5, 5.41) is 5.43. The first-order chi connectivity index (χ1) is 20.2. The quantitative estimate of drug-likeness (QED) is 0.201. The Hall–Kier alpha value is -4.24. The molecule has 1 aliphatic carbocycles. The smallest absolute Gasteiger partial charge is 0.0434 e. The molecule has 0 bridgehead atoms. The average molecular weight is 561 g/mol. The first-order valence-electron chi connectivity index (χ1n) is 14.2. The third kappa shape index (κ3) is 3.79. The van der Waals surface area contributed by atoms with Crippen molar-refractivity contribution in [3.63, 3.8) is 0 Å². The number of hydrogen-bond acceptors (Lipinski definition) is 2. The van der Waals surface area contributed by atoms with E-state index in [2.05, 4.69) is 129 Å². The molecule has 2 heterocycles. The van der Waals surface area contributed by atoms with Crippen molar-refractivity contribution in [1.82, 2.24) is 0 Å². The van der Waals surface area contributed by atoms with Crippen LogP contribution in [0, 0.1) is 0 Å². The fourth-order valence-electron chi connectivity index (χ4n) is 6.61. The van der Waals surface area contributed by atoms with Crippen LogP contribution < -0.4 is 0 Å². The largest absolute Gasteiger partial charge is 0.135 e. The molecule has 7 aromatic rings. The van der Waals surface area contributed by atoms with E-state index in [1.54, 1.807) is 0 Å². The minimum Gasteiger partial charge on any atom is -0.135 e. The van der Waals surface area contributed by atoms with E-state index in [-0.39, 0.29) is 0 Å². The molecule has 5 aromatic carbocycles. The molecule has 196 valence electrons. The van der Waals surface area contributed by atoms with Gasteiger partial charge >= 0.3 is 0 Å². The lowest BCUT2D eigenvalue weighted by Crippen LogP contribution is -2.03. The Kier molecular flexibility index (Phi) is 5.80. The van der Waals surface area contributed by atoms with Crippen LogP contribution in [0.2, 0.25) is 0 Å². The molecule has 2 aromatic heterocycles. The molecule has 0 saturated heterocycles. The van der Waals surface area contributed by atoms with Crippen molar-refractivity contribution in [3.05, 3.63) is 139 Å². The molecule has 0 unspecified atom stereocenters. The standard InChI is InChI=1S/C39H28S2/c1-3-9-28-24(4-2)16-21-27-22-23-35-37(36(27)28)33-14-8-12-30(39(33)41-35)26-19-17-25(18-20-26)29-11-7-13-32-31-10-5-6-15-34(31)40-38(29)32/h3-15,17-20,22-23H,2,16,21H2,1H3/b9-3-. The number of hydrogen-bond donors (Lipinski definition) is 0. The Morgan fingerprint density at radius 2 is 1.29 bits per heavy atom. The summed E-state index contributed by atoms with van der Waals surface area (Å²) < 4.78 is 5.42. The summed E-state index contributed by atoms with van der Waals surface area (Å²) >= 11 is 3.81. The van der Waals surface area contributed by atoms with E-state index in [1.807, 2.05) is 22.7 Å². The second kappa shape index (κ2) is 9.69. The normalized spacial score (nSPS) is 13.7. The molecule has 0 spiro atoms. The van der Waals surface area contributed by atoms with Crippen molar-refractivity contribution in [2.75, 3.05) is 0 Å². The maximum absolute atomic E-state index is 4.14. The predicted octanol–water partition coefficient (Wildman–Crippen LogP) is 12.2. The van der Waals surface area contributed by atoms with Gasteiger partial charge in [-0.15, -0.1) is 22.7 Å². The summed E-state index contributed by atoms with van der Waals surface area (Å²) in [7, 11) is 0. The Balaban J connectivity index is 1.28. The van der Waals surface area contributed by atoms with Crippen molar-refractivity contribution < 1.29 is 0 Å². The van der Waals surface area contributed by atoms with Crippen molar-refractivity contribution >= 4 is 68.6 Å². The zero-order chi connectivity index (χ0) is 27.5. The van der Waals surface area contributed by atoms with E-state index in [1.165, 1.54) is 84.9 Å². The Morgan fingerprint density at radius 1 is 0.634 bits per heavy atom. The van der Waals surface area contributed by atoms with Crippen molar-refractivity contribution in [2.24, 2.45) is 0 Å². The van der Waals surface area contributed by atoms with Gasteiger partial charge in [-0.25, -0.2) is 0 Å². The number of benzene rings is 5. The Morgan fingerprint density at radius 3 is 2.02 bits per heavy atom. The van der Waals surface area contributed by atoms with Crippen molar-refractivity contribution in [3.8, 4) is 22.3 Å². The van der Waals surface area contributed by atoms with Gasteiger partial charge in [0.1, 0.15) is 0 Å². The maximum atomic E-state index is 4.14. The van der Waals surface area contributed by atoms with Gasteiger partial charge < -0.3 is 0 Å². The fourth-order valence-corrected chi connectivity index (χ4v) is 9.10. The number of fused-ring (bicyclic) bond motifs is 8. The summed E-state index contributed by atoms with van der Waals surface area (Å²) in [4.78, 5) is 0. The molecule has 0 nitrogen and oxygen atoms in total. The third-order valence-corrected chi connectivity index (χ3v) is 10.9. The minimum atomic E-state index is 1.05. The van der Waals surface area contributed by atoms with Gasteiger partial charge in [0.2, 0.25) is 0 Å². The van der Waals surface area contributed by atoms with Crippen LogP contribution in [-0.2, 0) is 6.42 Å². The molecule has 0 N–H and O–H groups in total. The average Bonchev–Trinajstić information content (AvgIpc) is 3.60. The SMILES string of the molecule is C=CC1=C(/C=C\C)c2c(ccc3sc4c(-c5ccc(-c6cccc7c6sc6ccccc67)cc5)cccc4c23)CC1. The summed E-state index contributed by atoms with van der Waals surface area (Å²) in [5.41, 5.74) is 10.7. The van der Waals surface area contributed by atoms with Gasteiger partial charge in [-0.3, -0.25) is 0 Å². The predicted molar refractivity (Wildman–Crippen MR) is 183 cm³/mol. The summed E-state index contributed by atoms with van der Waals surface area (Å²) in [6.07, 6.45) is 8.61. The molecule has 0 aliphatic heterocycles. The van der Waals surface area contributed by atoms with E-state index in [9.17, 15) is 0 Å². The van der Waals surface area contributed by atoms with Crippen LogP contribution in [0.25, 0.3) is 68.2 Å². The topological polar surface area (TPSA) is 0 Å². The van der Waals surface area contributed by atoms with Crippen LogP contribution in [0.4, 0.5) is 0 Å². The molecule has 2 heteroatoms. The molecule has 0 fully saturated rings. The first kappa shape index (κ1) is 24.5. The molecule has 0 atom stereocenters. The van der Waals surface area contributed by atoms with Gasteiger partial charge in [0.05, 0.1) is 0 Å². The molecule has 41 heavy (non-hydrogen) atoms. The van der Waals surface area contributed by atoms with Crippen molar-refractivity contribution in [1.29, 1.82) is 0 Å². The molecule has 8 rings (SSSR count). The Labute approximate surface area is 248 Å². The first-order valence-corrected chi connectivity index (χ1v) is 15.9. The van der Waals surface area contributed by atoms with Gasteiger partial charge in [-0.2, -0.15) is 0 Å². The van der Waals surface area contributed by atoms with Gasteiger partial charge in [0.25, 0.3) is 0 Å². The van der Waals surface area contributed by atoms with E-state index in [4.69, 9.17) is 0 Å². The maximum Gasteiger partial charge on any atom is 0.0434 e. The third-order valence-electron chi connectivity index (χ3n) is 8.52. The van der Waals surface area contributed by atoms with E-state index in [0.717, 1.165) is 12.8 Å². The highest BCUT2D eigenvalue weighted by atomic mass is 32.1. The molecule has 1 aliphatic rings. The van der Waals surface area contributed by atoms with Crippen molar-refractivity contribution in [2.45, 2.75) is 19.8 Å². The lowest BCUT2D eigenvalue weighted by Gasteiger charge is -2.21.